The Hall–Kier alpha value is -4.16. The molecule has 1 aliphatic rings. The quantitative estimate of drug-likeness (QED) is 0.421. The van der Waals surface area contributed by atoms with Gasteiger partial charge in [-0.15, -0.1) is 0 Å². The first-order valence-corrected chi connectivity index (χ1v) is 15.4. The van der Waals surface area contributed by atoms with Crippen molar-refractivity contribution in [3.63, 3.8) is 0 Å². The van der Waals surface area contributed by atoms with Gasteiger partial charge in [-0.1, -0.05) is 48.5 Å². The van der Waals surface area contributed by atoms with Gasteiger partial charge in [0.1, 0.15) is 17.7 Å². The van der Waals surface area contributed by atoms with E-state index in [2.05, 4.69) is 10.0 Å². The van der Waals surface area contributed by atoms with Crippen LogP contribution in [-0.2, 0) is 31.1 Å². The number of ether oxygens (including phenoxy) is 1. The van der Waals surface area contributed by atoms with E-state index in [0.717, 1.165) is 31.1 Å². The van der Waals surface area contributed by atoms with Crippen LogP contribution in [0.2, 0.25) is 0 Å². The van der Waals surface area contributed by atoms with E-state index in [-0.39, 0.29) is 13.1 Å². The van der Waals surface area contributed by atoms with Crippen LogP contribution in [0.3, 0.4) is 0 Å². The summed E-state index contributed by atoms with van der Waals surface area (Å²) in [5, 5.41) is 4.69. The molecule has 0 spiro atoms. The zero-order valence-electron chi connectivity index (χ0n) is 25.5. The van der Waals surface area contributed by atoms with Crippen LogP contribution in [0.4, 0.5) is 16.2 Å². The molecule has 1 aliphatic heterocycles. The maximum atomic E-state index is 14.3. The number of rotatable bonds is 7. The highest BCUT2D eigenvalue weighted by Gasteiger charge is 2.40. The zero-order chi connectivity index (χ0) is 31.7. The molecule has 0 aliphatic carbocycles. The van der Waals surface area contributed by atoms with Crippen molar-refractivity contribution in [3.05, 3.63) is 71.8 Å². The molecule has 12 heteroatoms. The standard InChI is InChI=1S/C31H39N5O6S/c1-20-16-17-22-12-8-9-13-23(22)24(20)18-35-26-14-10-11-15-27(26)36(43(40,41)32-6)19-25(29(35)38)33-28(37)21(2)34(7)30(39)42-31(3,4)5/h8-17,21,25,32H,18-19H2,1-7H3,(H,33,37)/t21-,25-/m0/s1. The Morgan fingerprint density at radius 2 is 1.67 bits per heavy atom. The molecule has 4 rings (SSSR count). The molecule has 0 fully saturated rings. The Bertz CT molecular complexity index is 1650. The first-order valence-electron chi connectivity index (χ1n) is 14.0. The minimum atomic E-state index is -4.09. The summed E-state index contributed by atoms with van der Waals surface area (Å²) in [6, 6.07) is 16.3. The first kappa shape index (κ1) is 31.8. The molecule has 3 amide bonds. The Labute approximate surface area is 253 Å². The summed E-state index contributed by atoms with van der Waals surface area (Å²) in [6.07, 6.45) is -0.706. The number of nitrogens with one attached hydrogen (secondary N) is 2. The number of anilines is 2. The Kier molecular flexibility index (Phi) is 9.02. The van der Waals surface area contributed by atoms with Gasteiger partial charge in [-0.05, 0) is 68.7 Å². The fourth-order valence-corrected chi connectivity index (χ4v) is 5.91. The second-order valence-corrected chi connectivity index (χ2v) is 13.4. The molecule has 2 atom stereocenters. The summed E-state index contributed by atoms with van der Waals surface area (Å²) >= 11 is 0. The highest BCUT2D eigenvalue weighted by Crippen LogP contribution is 2.36. The average molecular weight is 610 g/mol. The van der Waals surface area contributed by atoms with Gasteiger partial charge in [-0.3, -0.25) is 18.8 Å². The van der Waals surface area contributed by atoms with Crippen LogP contribution < -0.4 is 19.2 Å². The molecule has 11 nitrogen and oxygen atoms in total. The minimum Gasteiger partial charge on any atom is -0.444 e. The van der Waals surface area contributed by atoms with E-state index in [1.54, 1.807) is 45.0 Å². The van der Waals surface area contributed by atoms with E-state index in [0.29, 0.717) is 11.4 Å². The van der Waals surface area contributed by atoms with E-state index in [9.17, 15) is 22.8 Å². The number of carbonyl (C=O) groups is 3. The van der Waals surface area contributed by atoms with E-state index in [4.69, 9.17) is 4.74 Å². The first-order chi connectivity index (χ1) is 20.1. The van der Waals surface area contributed by atoms with Crippen molar-refractivity contribution in [2.75, 3.05) is 29.8 Å². The van der Waals surface area contributed by atoms with E-state index >= 15 is 0 Å². The van der Waals surface area contributed by atoms with Crippen LogP contribution in [-0.4, -0.2) is 69.6 Å². The van der Waals surface area contributed by atoms with Gasteiger partial charge >= 0.3 is 16.3 Å². The SMILES string of the molecule is CNS(=O)(=O)N1C[C@H](NC(=O)[C@H](C)N(C)C(=O)OC(C)(C)C)C(=O)N(Cc2c(C)ccc3ccccc23)c2ccccc21. The number of aryl methyl sites for hydroxylation is 1. The molecule has 1 heterocycles. The number of likely N-dealkylation sites (N-methyl/N-ethyl adjacent to an activating group) is 1. The van der Waals surface area contributed by atoms with Crippen molar-refractivity contribution in [2.45, 2.75) is 58.8 Å². The topological polar surface area (TPSA) is 128 Å². The lowest BCUT2D eigenvalue weighted by Gasteiger charge is -2.30. The number of para-hydroxylation sites is 2. The summed E-state index contributed by atoms with van der Waals surface area (Å²) in [5.74, 6) is -1.13. The molecule has 0 unspecified atom stereocenters. The van der Waals surface area contributed by atoms with Crippen LogP contribution in [0.15, 0.2) is 60.7 Å². The minimum absolute atomic E-state index is 0.135. The van der Waals surface area contributed by atoms with Gasteiger partial charge in [0.2, 0.25) is 5.91 Å². The molecule has 0 saturated heterocycles. The molecule has 3 aromatic carbocycles. The third kappa shape index (κ3) is 6.75. The van der Waals surface area contributed by atoms with Crippen molar-refractivity contribution in [3.8, 4) is 0 Å². The molecule has 43 heavy (non-hydrogen) atoms. The van der Waals surface area contributed by atoms with E-state index < -0.39 is 45.8 Å². The Balaban J connectivity index is 1.76. The number of fused-ring (bicyclic) bond motifs is 2. The van der Waals surface area contributed by atoms with E-state index in [1.165, 1.54) is 25.9 Å². The lowest BCUT2D eigenvalue weighted by atomic mass is 9.99. The summed E-state index contributed by atoms with van der Waals surface area (Å²) in [7, 11) is -1.38. The van der Waals surface area contributed by atoms with Crippen LogP contribution >= 0.6 is 0 Å². The lowest BCUT2D eigenvalue weighted by Crippen LogP contribution is -2.57. The van der Waals surface area contributed by atoms with Crippen molar-refractivity contribution >= 4 is 50.3 Å². The predicted molar refractivity (Wildman–Crippen MR) is 167 cm³/mol. The maximum Gasteiger partial charge on any atom is 0.410 e. The highest BCUT2D eigenvalue weighted by atomic mass is 32.2. The number of hydrogen-bond donors (Lipinski definition) is 2. The number of benzene rings is 3. The summed E-state index contributed by atoms with van der Waals surface area (Å²) in [4.78, 5) is 43.1. The number of hydrogen-bond acceptors (Lipinski definition) is 6. The Morgan fingerprint density at radius 3 is 2.33 bits per heavy atom. The van der Waals surface area contributed by atoms with Gasteiger partial charge in [-0.2, -0.15) is 8.42 Å². The van der Waals surface area contributed by atoms with Gasteiger partial charge in [-0.25, -0.2) is 9.52 Å². The van der Waals surface area contributed by atoms with Crippen molar-refractivity contribution < 1.29 is 27.5 Å². The average Bonchev–Trinajstić information content (AvgIpc) is 3.07. The van der Waals surface area contributed by atoms with Crippen LogP contribution in [0.1, 0.15) is 38.8 Å². The van der Waals surface area contributed by atoms with Gasteiger partial charge < -0.3 is 15.0 Å². The normalized spacial score (nSPS) is 16.3. The fraction of sp³-hybridized carbons (Fsp3) is 0.387. The molecule has 0 saturated carbocycles. The Morgan fingerprint density at radius 1 is 1.05 bits per heavy atom. The second-order valence-electron chi connectivity index (χ2n) is 11.6. The molecule has 3 aromatic rings. The van der Waals surface area contributed by atoms with Crippen LogP contribution in [0, 0.1) is 6.92 Å². The van der Waals surface area contributed by atoms with Crippen molar-refractivity contribution in [2.24, 2.45) is 0 Å². The molecule has 230 valence electrons. The molecule has 0 aromatic heterocycles. The number of carbonyl (C=O) groups excluding carboxylic acids is 3. The van der Waals surface area contributed by atoms with Crippen molar-refractivity contribution in [1.29, 1.82) is 0 Å². The monoisotopic (exact) mass is 609 g/mol. The smallest absolute Gasteiger partial charge is 0.410 e. The third-order valence-electron chi connectivity index (χ3n) is 7.45. The second kappa shape index (κ2) is 12.2. The molecular weight excluding hydrogens is 570 g/mol. The van der Waals surface area contributed by atoms with Gasteiger partial charge in [0.25, 0.3) is 5.91 Å². The van der Waals surface area contributed by atoms with Crippen molar-refractivity contribution in [1.82, 2.24) is 14.9 Å². The van der Waals surface area contributed by atoms with Gasteiger partial charge in [0, 0.05) is 14.1 Å². The molecule has 0 bridgehead atoms. The summed E-state index contributed by atoms with van der Waals surface area (Å²) < 4.78 is 35.3. The number of nitrogens with zero attached hydrogens (tertiary/aromatic N) is 3. The lowest BCUT2D eigenvalue weighted by molar-refractivity contribution is -0.130. The van der Waals surface area contributed by atoms with Gasteiger partial charge in [0.15, 0.2) is 0 Å². The molecule has 0 radical (unpaired) electrons. The largest absolute Gasteiger partial charge is 0.444 e. The van der Waals surface area contributed by atoms with Crippen LogP contribution in [0.5, 0.6) is 0 Å². The third-order valence-corrected chi connectivity index (χ3v) is 8.89. The van der Waals surface area contributed by atoms with Gasteiger partial charge in [0.05, 0.1) is 24.5 Å². The molecule has 2 N–H and O–H groups in total. The van der Waals surface area contributed by atoms with E-state index in [1.807, 2.05) is 43.3 Å². The fourth-order valence-electron chi connectivity index (χ4n) is 4.93. The molecular formula is C31H39N5O6S. The summed E-state index contributed by atoms with van der Waals surface area (Å²) in [6.45, 7) is 8.39. The summed E-state index contributed by atoms with van der Waals surface area (Å²) in [5.41, 5.74) is 1.76. The number of amides is 3. The highest BCUT2D eigenvalue weighted by molar-refractivity contribution is 7.90. The predicted octanol–water partition coefficient (Wildman–Crippen LogP) is 3.71. The maximum absolute atomic E-state index is 14.3. The van der Waals surface area contributed by atoms with Crippen LogP contribution in [0.25, 0.3) is 10.8 Å². The zero-order valence-corrected chi connectivity index (χ0v) is 26.4.